The maximum Gasteiger partial charge on any atom is 0.306 e. The molecule has 0 rings (SSSR count). The Labute approximate surface area is 83.6 Å². The van der Waals surface area contributed by atoms with Crippen molar-refractivity contribution in [2.75, 3.05) is 6.61 Å². The van der Waals surface area contributed by atoms with Crippen molar-refractivity contribution in [1.29, 1.82) is 0 Å². The van der Waals surface area contributed by atoms with E-state index < -0.39 is 0 Å². The van der Waals surface area contributed by atoms with Gasteiger partial charge in [-0.05, 0) is 26.7 Å². The van der Waals surface area contributed by atoms with Gasteiger partial charge < -0.3 is 9.53 Å². The molecule has 0 spiro atoms. The molecule has 0 fully saturated rings. The summed E-state index contributed by atoms with van der Waals surface area (Å²) in [5.41, 5.74) is 0. The summed E-state index contributed by atoms with van der Waals surface area (Å²) in [6, 6.07) is 0. The first-order valence-corrected chi connectivity index (χ1v) is 4.67. The summed E-state index contributed by atoms with van der Waals surface area (Å²) in [6.45, 7) is 2.74. The lowest BCUT2D eigenvalue weighted by atomic mass is 10.1. The van der Waals surface area contributed by atoms with Crippen molar-refractivity contribution in [3.63, 3.8) is 0 Å². The van der Waals surface area contributed by atoms with Gasteiger partial charge in [0.25, 0.3) is 0 Å². The number of esters is 1. The Morgan fingerprint density at radius 2 is 1.50 bits per heavy atom. The predicted molar refractivity (Wildman–Crippen MR) is 50.8 cm³/mol. The number of carbonyl (C=O) groups is 3. The number of ether oxygens (including phenoxy) is 1. The summed E-state index contributed by atoms with van der Waals surface area (Å²) >= 11 is 0. The fourth-order valence-corrected chi connectivity index (χ4v) is 0.898. The van der Waals surface area contributed by atoms with Gasteiger partial charge >= 0.3 is 5.97 Å². The molecule has 0 heterocycles. The molecule has 0 aromatic heterocycles. The van der Waals surface area contributed by atoms with Gasteiger partial charge in [-0.15, -0.1) is 0 Å². The van der Waals surface area contributed by atoms with Crippen LogP contribution in [0, 0.1) is 0 Å². The van der Waals surface area contributed by atoms with Gasteiger partial charge in [-0.2, -0.15) is 0 Å². The third-order valence-electron chi connectivity index (χ3n) is 1.60. The van der Waals surface area contributed by atoms with Crippen molar-refractivity contribution in [2.24, 2.45) is 0 Å². The van der Waals surface area contributed by atoms with Crippen LogP contribution in [0.5, 0.6) is 0 Å². The van der Waals surface area contributed by atoms with E-state index in [1.807, 2.05) is 0 Å². The Balaban J connectivity index is 3.36. The average Bonchev–Trinajstić information content (AvgIpc) is 2.08. The van der Waals surface area contributed by atoms with Crippen LogP contribution in [0.1, 0.15) is 39.5 Å². The standard InChI is InChI=1S/C10H16O4/c1-8(11)5-3-4-6-10(13)14-7-9(2)12/h3-7H2,1-2H3. The molecule has 0 amide bonds. The van der Waals surface area contributed by atoms with Gasteiger partial charge in [0, 0.05) is 12.8 Å². The Hall–Kier alpha value is -1.19. The topological polar surface area (TPSA) is 60.4 Å². The van der Waals surface area contributed by atoms with Crippen molar-refractivity contribution in [2.45, 2.75) is 39.5 Å². The molecule has 0 aromatic rings. The molecule has 4 nitrogen and oxygen atoms in total. The fourth-order valence-electron chi connectivity index (χ4n) is 0.898. The third-order valence-corrected chi connectivity index (χ3v) is 1.60. The van der Waals surface area contributed by atoms with Crippen LogP contribution in [0.15, 0.2) is 0 Å². The highest BCUT2D eigenvalue weighted by Gasteiger charge is 2.04. The molecular formula is C10H16O4. The van der Waals surface area contributed by atoms with Gasteiger partial charge in [-0.1, -0.05) is 0 Å². The van der Waals surface area contributed by atoms with Gasteiger partial charge in [0.05, 0.1) is 0 Å². The maximum absolute atomic E-state index is 10.9. The van der Waals surface area contributed by atoms with Crippen molar-refractivity contribution in [3.05, 3.63) is 0 Å². The lowest BCUT2D eigenvalue weighted by Crippen LogP contribution is -2.10. The first kappa shape index (κ1) is 12.8. The number of hydrogen-bond donors (Lipinski definition) is 0. The lowest BCUT2D eigenvalue weighted by molar-refractivity contribution is -0.147. The molecule has 0 aromatic carbocycles. The molecular weight excluding hydrogens is 184 g/mol. The summed E-state index contributed by atoms with van der Waals surface area (Å²) in [5.74, 6) is -0.409. The van der Waals surface area contributed by atoms with Crippen LogP contribution in [-0.2, 0) is 19.1 Å². The number of ketones is 2. The van der Waals surface area contributed by atoms with Gasteiger partial charge in [0.15, 0.2) is 5.78 Å². The first-order valence-electron chi connectivity index (χ1n) is 4.67. The fraction of sp³-hybridized carbons (Fsp3) is 0.700. The Morgan fingerprint density at radius 1 is 0.929 bits per heavy atom. The largest absolute Gasteiger partial charge is 0.458 e. The van der Waals surface area contributed by atoms with Crippen molar-refractivity contribution < 1.29 is 19.1 Å². The highest BCUT2D eigenvalue weighted by atomic mass is 16.5. The molecule has 0 aliphatic heterocycles. The lowest BCUT2D eigenvalue weighted by Gasteiger charge is -2.01. The number of hydrogen-bond acceptors (Lipinski definition) is 4. The summed E-state index contributed by atoms with van der Waals surface area (Å²) in [5, 5.41) is 0. The second kappa shape index (κ2) is 7.24. The van der Waals surface area contributed by atoms with E-state index in [-0.39, 0.29) is 30.6 Å². The first-order chi connectivity index (χ1) is 6.52. The highest BCUT2D eigenvalue weighted by Crippen LogP contribution is 2.01. The van der Waals surface area contributed by atoms with E-state index in [1.54, 1.807) is 0 Å². The summed E-state index contributed by atoms with van der Waals surface area (Å²) in [4.78, 5) is 31.9. The highest BCUT2D eigenvalue weighted by molar-refractivity contribution is 5.80. The van der Waals surface area contributed by atoms with Crippen molar-refractivity contribution >= 4 is 17.5 Å². The van der Waals surface area contributed by atoms with Crippen LogP contribution >= 0.6 is 0 Å². The van der Waals surface area contributed by atoms with Gasteiger partial charge in [0.2, 0.25) is 0 Å². The van der Waals surface area contributed by atoms with Crippen LogP contribution in [0.25, 0.3) is 0 Å². The minimum Gasteiger partial charge on any atom is -0.458 e. The monoisotopic (exact) mass is 200 g/mol. The zero-order valence-corrected chi connectivity index (χ0v) is 8.67. The number of unbranched alkanes of at least 4 members (excludes halogenated alkanes) is 1. The molecule has 0 aliphatic carbocycles. The predicted octanol–water partition coefficient (Wildman–Crippen LogP) is 1.27. The molecule has 0 atom stereocenters. The summed E-state index contributed by atoms with van der Waals surface area (Å²) in [7, 11) is 0. The SMILES string of the molecule is CC(=O)CCCCC(=O)OCC(C)=O. The van der Waals surface area contributed by atoms with Crippen molar-refractivity contribution in [1.82, 2.24) is 0 Å². The molecule has 0 saturated carbocycles. The van der Waals surface area contributed by atoms with E-state index in [2.05, 4.69) is 4.74 Å². The minimum absolute atomic E-state index is 0.127. The summed E-state index contributed by atoms with van der Waals surface area (Å²) < 4.78 is 4.64. The smallest absolute Gasteiger partial charge is 0.306 e. The molecule has 0 N–H and O–H groups in total. The molecule has 0 radical (unpaired) electrons. The molecule has 0 saturated heterocycles. The second-order valence-electron chi connectivity index (χ2n) is 3.27. The zero-order chi connectivity index (χ0) is 11.0. The molecule has 4 heteroatoms. The second-order valence-corrected chi connectivity index (χ2v) is 3.27. The molecule has 0 bridgehead atoms. The Kier molecular flexibility index (Phi) is 6.62. The van der Waals surface area contributed by atoms with Crippen LogP contribution in [-0.4, -0.2) is 24.1 Å². The van der Waals surface area contributed by atoms with Crippen LogP contribution in [0.4, 0.5) is 0 Å². The molecule has 0 aliphatic rings. The minimum atomic E-state index is -0.372. The third kappa shape index (κ3) is 8.90. The Morgan fingerprint density at radius 3 is 2.00 bits per heavy atom. The molecule has 0 unspecified atom stereocenters. The zero-order valence-electron chi connectivity index (χ0n) is 8.67. The number of Topliss-reactive ketones (excluding diaryl/α,β-unsaturated/α-hetero) is 2. The van der Waals surface area contributed by atoms with E-state index in [0.717, 1.165) is 0 Å². The Bertz CT molecular complexity index is 220. The van der Waals surface area contributed by atoms with Gasteiger partial charge in [-0.25, -0.2) is 0 Å². The number of rotatable bonds is 7. The maximum atomic E-state index is 10.9. The quantitative estimate of drug-likeness (QED) is 0.458. The van der Waals surface area contributed by atoms with Gasteiger partial charge in [0.1, 0.15) is 12.4 Å². The van der Waals surface area contributed by atoms with Crippen LogP contribution < -0.4 is 0 Å². The van der Waals surface area contributed by atoms with Gasteiger partial charge in [-0.3, -0.25) is 9.59 Å². The van der Waals surface area contributed by atoms with Crippen LogP contribution in [0.2, 0.25) is 0 Å². The van der Waals surface area contributed by atoms with Crippen LogP contribution in [0.3, 0.4) is 0 Å². The van der Waals surface area contributed by atoms with E-state index in [9.17, 15) is 14.4 Å². The van der Waals surface area contributed by atoms with E-state index in [4.69, 9.17) is 0 Å². The summed E-state index contributed by atoms with van der Waals surface area (Å²) in [6.07, 6.45) is 2.11. The van der Waals surface area contributed by atoms with E-state index in [1.165, 1.54) is 13.8 Å². The number of carbonyl (C=O) groups excluding carboxylic acids is 3. The normalized spacial score (nSPS) is 9.57. The van der Waals surface area contributed by atoms with E-state index in [0.29, 0.717) is 19.3 Å². The molecule has 14 heavy (non-hydrogen) atoms. The van der Waals surface area contributed by atoms with E-state index >= 15 is 0 Å². The molecule has 80 valence electrons. The van der Waals surface area contributed by atoms with Crippen molar-refractivity contribution in [3.8, 4) is 0 Å². The average molecular weight is 200 g/mol.